The molecule has 24 heavy (non-hydrogen) atoms. The van der Waals surface area contributed by atoms with Gasteiger partial charge in [-0.15, -0.1) is 0 Å². The molecule has 0 amide bonds. The average Bonchev–Trinajstić information content (AvgIpc) is 2.52. The second-order valence-electron chi connectivity index (χ2n) is 6.63. The number of hydrogen-bond donors (Lipinski definition) is 0. The Morgan fingerprint density at radius 2 is 1.21 bits per heavy atom. The van der Waals surface area contributed by atoms with Gasteiger partial charge >= 0.3 is 11.9 Å². The third-order valence-electron chi connectivity index (χ3n) is 4.08. The van der Waals surface area contributed by atoms with Gasteiger partial charge in [-0.3, -0.25) is 9.59 Å². The fraction of sp³-hybridized carbons (Fsp3) is 0.900. The van der Waals surface area contributed by atoms with Crippen LogP contribution in [0.4, 0.5) is 0 Å². The van der Waals surface area contributed by atoms with E-state index < -0.39 is 5.79 Å². The molecule has 4 nitrogen and oxygen atoms in total. The highest BCUT2D eigenvalue weighted by molar-refractivity contribution is 5.72. The topological polar surface area (TPSA) is 52.6 Å². The lowest BCUT2D eigenvalue weighted by Crippen LogP contribution is -2.40. The molecule has 0 fully saturated rings. The Hall–Kier alpha value is -1.06. The third kappa shape index (κ3) is 10.7. The molecule has 0 aromatic heterocycles. The van der Waals surface area contributed by atoms with Crippen LogP contribution in [-0.4, -0.2) is 17.7 Å². The van der Waals surface area contributed by atoms with Gasteiger partial charge in [-0.25, -0.2) is 0 Å². The zero-order chi connectivity index (χ0) is 18.3. The first-order chi connectivity index (χ1) is 11.5. The number of carbonyl (C=O) groups is 2. The van der Waals surface area contributed by atoms with E-state index in [0.717, 1.165) is 57.8 Å². The van der Waals surface area contributed by atoms with Crippen LogP contribution in [0.2, 0.25) is 0 Å². The molecule has 0 aliphatic rings. The van der Waals surface area contributed by atoms with Gasteiger partial charge in [-0.05, 0) is 25.7 Å². The van der Waals surface area contributed by atoms with Crippen LogP contribution in [0.3, 0.4) is 0 Å². The summed E-state index contributed by atoms with van der Waals surface area (Å²) in [6.45, 7) is 8.24. The zero-order valence-electron chi connectivity index (χ0n) is 16.3. The second kappa shape index (κ2) is 14.3. The lowest BCUT2D eigenvalue weighted by atomic mass is 10.0. The van der Waals surface area contributed by atoms with Crippen molar-refractivity contribution in [2.45, 2.75) is 117 Å². The van der Waals surface area contributed by atoms with Crippen LogP contribution in [0, 0.1) is 0 Å². The molecule has 0 aliphatic carbocycles. The van der Waals surface area contributed by atoms with Crippen molar-refractivity contribution < 1.29 is 19.1 Å². The number of esters is 2. The summed E-state index contributed by atoms with van der Waals surface area (Å²) >= 11 is 0. The third-order valence-corrected chi connectivity index (χ3v) is 4.08. The van der Waals surface area contributed by atoms with Gasteiger partial charge in [0.05, 0.1) is 0 Å². The van der Waals surface area contributed by atoms with Crippen LogP contribution in [0.5, 0.6) is 0 Å². The van der Waals surface area contributed by atoms with Crippen molar-refractivity contribution in [3.63, 3.8) is 0 Å². The van der Waals surface area contributed by atoms with Crippen molar-refractivity contribution in [3.05, 3.63) is 0 Å². The molecule has 0 spiro atoms. The summed E-state index contributed by atoms with van der Waals surface area (Å²) in [4.78, 5) is 24.3. The Morgan fingerprint density at radius 1 is 0.625 bits per heavy atom. The van der Waals surface area contributed by atoms with Crippen LogP contribution in [0.1, 0.15) is 111 Å². The molecule has 0 radical (unpaired) electrons. The molecule has 1 unspecified atom stereocenters. The maximum atomic E-state index is 12.2. The van der Waals surface area contributed by atoms with Crippen molar-refractivity contribution in [1.82, 2.24) is 0 Å². The Kier molecular flexibility index (Phi) is 13.7. The molecule has 0 rings (SSSR count). The molecule has 4 heteroatoms. The van der Waals surface area contributed by atoms with Gasteiger partial charge < -0.3 is 9.47 Å². The quantitative estimate of drug-likeness (QED) is 0.210. The maximum absolute atomic E-state index is 12.2. The average molecular weight is 343 g/mol. The van der Waals surface area contributed by atoms with E-state index in [1.165, 1.54) is 0 Å². The molecular formula is C20H38O4. The van der Waals surface area contributed by atoms with E-state index in [1.54, 1.807) is 0 Å². The summed E-state index contributed by atoms with van der Waals surface area (Å²) < 4.78 is 11.4. The van der Waals surface area contributed by atoms with E-state index in [0.29, 0.717) is 25.7 Å². The molecule has 0 aromatic rings. The summed E-state index contributed by atoms with van der Waals surface area (Å²) in [7, 11) is 0. The van der Waals surface area contributed by atoms with Gasteiger partial charge in [0.1, 0.15) is 0 Å². The van der Waals surface area contributed by atoms with Crippen molar-refractivity contribution in [3.8, 4) is 0 Å². The van der Waals surface area contributed by atoms with Crippen LogP contribution in [0.15, 0.2) is 0 Å². The van der Waals surface area contributed by atoms with Crippen molar-refractivity contribution in [2.75, 3.05) is 0 Å². The van der Waals surface area contributed by atoms with Gasteiger partial charge in [0.15, 0.2) is 0 Å². The molecule has 0 saturated heterocycles. The van der Waals surface area contributed by atoms with Gasteiger partial charge in [0.25, 0.3) is 5.79 Å². The minimum atomic E-state index is -1.06. The Morgan fingerprint density at radius 3 is 1.75 bits per heavy atom. The van der Waals surface area contributed by atoms with Crippen molar-refractivity contribution >= 4 is 11.9 Å². The highest BCUT2D eigenvalue weighted by Gasteiger charge is 2.37. The minimum absolute atomic E-state index is 0.239. The first-order valence-corrected chi connectivity index (χ1v) is 9.97. The lowest BCUT2D eigenvalue weighted by Gasteiger charge is -2.33. The molecule has 0 bridgehead atoms. The minimum Gasteiger partial charge on any atom is -0.422 e. The molecule has 1 atom stereocenters. The molecule has 0 aliphatic heterocycles. The van der Waals surface area contributed by atoms with E-state index in [1.807, 2.05) is 13.8 Å². The van der Waals surface area contributed by atoms with E-state index in [2.05, 4.69) is 13.8 Å². The fourth-order valence-electron chi connectivity index (χ4n) is 2.79. The highest BCUT2D eigenvalue weighted by Crippen LogP contribution is 2.29. The number of unbranched alkanes of at least 4 members (excludes halogenated alkanes) is 5. The van der Waals surface area contributed by atoms with Crippen LogP contribution < -0.4 is 0 Å². The SMILES string of the molecule is CCCCCCC(CCC)(OC(=O)CCC)OC(=O)CCCCC. The second-order valence-corrected chi connectivity index (χ2v) is 6.63. The predicted octanol–water partition coefficient (Wildman–Crippen LogP) is 5.92. The van der Waals surface area contributed by atoms with Gasteiger partial charge in [0.2, 0.25) is 0 Å². The Balaban J connectivity index is 4.88. The standard InChI is InChI=1S/C20H38O4/c1-5-9-11-13-17-20(16-8-4,23-18(21)14-7-3)24-19(22)15-12-10-6-2/h5-17H2,1-4H3. The molecule has 0 aromatic carbocycles. The smallest absolute Gasteiger partial charge is 0.309 e. The summed E-state index contributed by atoms with van der Waals surface area (Å²) in [5.41, 5.74) is 0. The summed E-state index contributed by atoms with van der Waals surface area (Å²) in [5, 5.41) is 0. The molecule has 0 N–H and O–H groups in total. The first kappa shape index (κ1) is 22.9. The fourth-order valence-corrected chi connectivity index (χ4v) is 2.79. The Bertz CT molecular complexity index is 341. The number of rotatable bonds is 15. The van der Waals surface area contributed by atoms with Gasteiger partial charge in [0, 0.05) is 25.7 Å². The molecule has 0 saturated carbocycles. The van der Waals surface area contributed by atoms with E-state index in [-0.39, 0.29) is 11.9 Å². The Labute approximate surface area is 148 Å². The predicted molar refractivity (Wildman–Crippen MR) is 97.6 cm³/mol. The zero-order valence-corrected chi connectivity index (χ0v) is 16.3. The normalized spacial score (nSPS) is 13.3. The molecule has 142 valence electrons. The van der Waals surface area contributed by atoms with E-state index in [9.17, 15) is 9.59 Å². The number of carbonyl (C=O) groups excluding carboxylic acids is 2. The summed E-state index contributed by atoms with van der Waals surface area (Å²) in [6.07, 6.45) is 10.7. The summed E-state index contributed by atoms with van der Waals surface area (Å²) in [5.74, 6) is -1.56. The maximum Gasteiger partial charge on any atom is 0.309 e. The van der Waals surface area contributed by atoms with Crippen LogP contribution in [0.25, 0.3) is 0 Å². The van der Waals surface area contributed by atoms with Gasteiger partial charge in [-0.1, -0.05) is 59.8 Å². The van der Waals surface area contributed by atoms with Crippen molar-refractivity contribution in [2.24, 2.45) is 0 Å². The molecule has 0 heterocycles. The number of hydrogen-bond acceptors (Lipinski definition) is 4. The van der Waals surface area contributed by atoms with Gasteiger partial charge in [-0.2, -0.15) is 0 Å². The molecular weight excluding hydrogens is 304 g/mol. The monoisotopic (exact) mass is 342 g/mol. The largest absolute Gasteiger partial charge is 0.422 e. The number of ether oxygens (including phenoxy) is 2. The summed E-state index contributed by atoms with van der Waals surface area (Å²) in [6, 6.07) is 0. The first-order valence-electron chi connectivity index (χ1n) is 9.97. The van der Waals surface area contributed by atoms with Crippen LogP contribution in [-0.2, 0) is 19.1 Å². The van der Waals surface area contributed by atoms with E-state index in [4.69, 9.17) is 9.47 Å². The lowest BCUT2D eigenvalue weighted by molar-refractivity contribution is -0.234. The van der Waals surface area contributed by atoms with Crippen LogP contribution >= 0.6 is 0 Å². The van der Waals surface area contributed by atoms with Crippen molar-refractivity contribution in [1.29, 1.82) is 0 Å². The highest BCUT2D eigenvalue weighted by atomic mass is 16.7. The van der Waals surface area contributed by atoms with E-state index >= 15 is 0 Å².